The van der Waals surface area contributed by atoms with Gasteiger partial charge in [0.15, 0.2) is 0 Å². The molecule has 1 heterocycles. The Morgan fingerprint density at radius 1 is 1.09 bits per heavy atom. The van der Waals surface area contributed by atoms with E-state index in [9.17, 15) is 8.42 Å². The molecule has 1 atom stereocenters. The van der Waals surface area contributed by atoms with E-state index in [2.05, 4.69) is 0 Å². The number of hydrogen-bond donors (Lipinski definition) is 0. The Hall–Kier alpha value is -2.11. The van der Waals surface area contributed by atoms with Crippen molar-refractivity contribution in [2.24, 2.45) is 0 Å². The number of aryl methyl sites for hydroxylation is 2. The molecule has 1 unspecified atom stereocenters. The Labute approximate surface area is 136 Å². The second-order valence-electron chi connectivity index (χ2n) is 5.56. The van der Waals surface area contributed by atoms with Crippen LogP contribution in [-0.2, 0) is 14.3 Å². The Kier molecular flexibility index (Phi) is 4.24. The Bertz CT molecular complexity index is 836. The van der Waals surface area contributed by atoms with Crippen molar-refractivity contribution < 1.29 is 17.3 Å². The van der Waals surface area contributed by atoms with Gasteiger partial charge in [-0.3, -0.25) is 4.18 Å². The van der Waals surface area contributed by atoms with E-state index in [1.807, 2.05) is 44.2 Å². The first kappa shape index (κ1) is 15.8. The molecule has 0 saturated carbocycles. The van der Waals surface area contributed by atoms with Crippen LogP contribution in [0.2, 0.25) is 0 Å². The lowest BCUT2D eigenvalue weighted by Gasteiger charge is -2.22. The summed E-state index contributed by atoms with van der Waals surface area (Å²) in [4.78, 5) is 0.152. The predicted octanol–water partition coefficient (Wildman–Crippen LogP) is 3.48. The van der Waals surface area contributed by atoms with Crippen LogP contribution in [0.4, 0.5) is 0 Å². The molecule has 0 fully saturated rings. The van der Waals surface area contributed by atoms with Crippen molar-refractivity contribution in [3.63, 3.8) is 0 Å². The predicted molar refractivity (Wildman–Crippen MR) is 88.9 cm³/mol. The molecule has 5 heteroatoms. The molecule has 4 nitrogen and oxygen atoms in total. The van der Waals surface area contributed by atoms with Crippen molar-refractivity contribution in [2.45, 2.75) is 24.8 Å². The molecule has 0 aliphatic carbocycles. The summed E-state index contributed by atoms with van der Waals surface area (Å²) >= 11 is 0. The van der Waals surface area contributed by atoms with Crippen LogP contribution in [0.1, 0.15) is 16.7 Å². The molecule has 0 N–H and O–H groups in total. The molecule has 1 aliphatic rings. The Morgan fingerprint density at radius 3 is 2.57 bits per heavy atom. The number of benzene rings is 2. The standard InChI is InChI=1S/C18H18O4S/c1-13-6-10-17(11-7-13)23(19,20)21-12-16-9-8-15-5-3-4-14(2)18(15)22-16/h3-11,16H,12H2,1-2H3. The van der Waals surface area contributed by atoms with Gasteiger partial charge in [0.2, 0.25) is 0 Å². The highest BCUT2D eigenvalue weighted by atomic mass is 32.2. The highest BCUT2D eigenvalue weighted by Gasteiger charge is 2.21. The number of hydrogen-bond acceptors (Lipinski definition) is 4. The zero-order valence-corrected chi connectivity index (χ0v) is 13.8. The van der Waals surface area contributed by atoms with E-state index in [1.54, 1.807) is 24.3 Å². The average molecular weight is 330 g/mol. The maximum absolute atomic E-state index is 12.2. The second-order valence-corrected chi connectivity index (χ2v) is 7.18. The summed E-state index contributed by atoms with van der Waals surface area (Å²) in [5.41, 5.74) is 3.00. The van der Waals surface area contributed by atoms with Gasteiger partial charge >= 0.3 is 0 Å². The maximum atomic E-state index is 12.2. The van der Waals surface area contributed by atoms with Gasteiger partial charge in [-0.2, -0.15) is 8.42 Å². The molecule has 2 aromatic carbocycles. The summed E-state index contributed by atoms with van der Waals surface area (Å²) < 4.78 is 35.4. The van der Waals surface area contributed by atoms with Crippen LogP contribution >= 0.6 is 0 Å². The molecular formula is C18H18O4S. The largest absolute Gasteiger partial charge is 0.483 e. The second kappa shape index (κ2) is 6.18. The van der Waals surface area contributed by atoms with Gasteiger partial charge in [-0.1, -0.05) is 42.0 Å². The van der Waals surface area contributed by atoms with Crippen LogP contribution in [0.25, 0.3) is 6.08 Å². The summed E-state index contributed by atoms with van der Waals surface area (Å²) in [6.07, 6.45) is 3.31. The lowest BCUT2D eigenvalue weighted by molar-refractivity contribution is 0.165. The summed E-state index contributed by atoms with van der Waals surface area (Å²) in [5.74, 6) is 0.774. The van der Waals surface area contributed by atoms with Crippen LogP contribution in [0, 0.1) is 13.8 Å². The first-order chi connectivity index (χ1) is 11.0. The van der Waals surface area contributed by atoms with Gasteiger partial charge < -0.3 is 4.74 Å². The highest BCUT2D eigenvalue weighted by molar-refractivity contribution is 7.86. The van der Waals surface area contributed by atoms with Crippen LogP contribution in [-0.4, -0.2) is 21.1 Å². The van der Waals surface area contributed by atoms with Crippen LogP contribution in [0.15, 0.2) is 53.4 Å². The van der Waals surface area contributed by atoms with E-state index in [4.69, 9.17) is 8.92 Å². The summed E-state index contributed by atoms with van der Waals surface area (Å²) in [6, 6.07) is 12.4. The van der Waals surface area contributed by atoms with Gasteiger partial charge in [0.05, 0.1) is 4.90 Å². The molecule has 23 heavy (non-hydrogen) atoms. The van der Waals surface area contributed by atoms with Crippen LogP contribution in [0.3, 0.4) is 0 Å². The smallest absolute Gasteiger partial charge is 0.297 e. The van der Waals surface area contributed by atoms with Gasteiger partial charge in [-0.05, 0) is 37.6 Å². The van der Waals surface area contributed by atoms with Crippen molar-refractivity contribution in [1.29, 1.82) is 0 Å². The lowest BCUT2D eigenvalue weighted by atomic mass is 10.1. The van der Waals surface area contributed by atoms with Crippen molar-refractivity contribution in [1.82, 2.24) is 0 Å². The first-order valence-corrected chi connectivity index (χ1v) is 8.77. The third-order valence-corrected chi connectivity index (χ3v) is 5.00. The molecular weight excluding hydrogens is 312 g/mol. The topological polar surface area (TPSA) is 52.6 Å². The average Bonchev–Trinajstić information content (AvgIpc) is 2.54. The van der Waals surface area contributed by atoms with E-state index in [0.29, 0.717) is 0 Å². The highest BCUT2D eigenvalue weighted by Crippen LogP contribution is 2.29. The minimum absolute atomic E-state index is 0.0551. The van der Waals surface area contributed by atoms with Crippen molar-refractivity contribution in [3.8, 4) is 5.75 Å². The van der Waals surface area contributed by atoms with E-state index in [1.165, 1.54) is 0 Å². The third-order valence-electron chi connectivity index (χ3n) is 3.70. The molecule has 1 aliphatic heterocycles. The number of para-hydroxylation sites is 1. The molecule has 0 radical (unpaired) electrons. The SMILES string of the molecule is Cc1ccc(S(=O)(=O)OCC2C=Cc3cccc(C)c3O2)cc1. The number of fused-ring (bicyclic) bond motifs is 1. The van der Waals surface area contributed by atoms with E-state index < -0.39 is 16.2 Å². The quantitative estimate of drug-likeness (QED) is 0.805. The van der Waals surface area contributed by atoms with Crippen LogP contribution in [0.5, 0.6) is 5.75 Å². The van der Waals surface area contributed by atoms with E-state index >= 15 is 0 Å². The van der Waals surface area contributed by atoms with E-state index in [0.717, 1.165) is 22.4 Å². The first-order valence-electron chi connectivity index (χ1n) is 7.36. The number of ether oxygens (including phenoxy) is 1. The Morgan fingerprint density at radius 2 is 1.83 bits per heavy atom. The third kappa shape index (κ3) is 3.46. The monoisotopic (exact) mass is 330 g/mol. The Balaban J connectivity index is 1.70. The molecule has 120 valence electrons. The molecule has 0 amide bonds. The minimum Gasteiger partial charge on any atom is -0.483 e. The zero-order chi connectivity index (χ0) is 16.4. The van der Waals surface area contributed by atoms with Gasteiger partial charge in [0, 0.05) is 5.56 Å². The molecule has 0 bridgehead atoms. The molecule has 0 saturated heterocycles. The fraction of sp³-hybridized carbons (Fsp3) is 0.222. The molecule has 0 aromatic heterocycles. The molecule has 2 aromatic rings. The van der Waals surface area contributed by atoms with Gasteiger partial charge in [0.25, 0.3) is 10.1 Å². The normalized spacial score (nSPS) is 16.7. The number of rotatable bonds is 4. The summed E-state index contributed by atoms with van der Waals surface area (Å²) in [7, 11) is -3.78. The van der Waals surface area contributed by atoms with Gasteiger partial charge in [-0.25, -0.2) is 0 Å². The zero-order valence-electron chi connectivity index (χ0n) is 13.0. The fourth-order valence-electron chi connectivity index (χ4n) is 2.39. The minimum atomic E-state index is -3.78. The molecule has 3 rings (SSSR count). The van der Waals surface area contributed by atoms with Crippen LogP contribution < -0.4 is 4.74 Å². The van der Waals surface area contributed by atoms with Crippen molar-refractivity contribution >= 4 is 16.2 Å². The maximum Gasteiger partial charge on any atom is 0.297 e. The van der Waals surface area contributed by atoms with Gasteiger partial charge in [-0.15, -0.1) is 0 Å². The summed E-state index contributed by atoms with van der Waals surface area (Å²) in [6.45, 7) is 3.80. The van der Waals surface area contributed by atoms with Crippen molar-refractivity contribution in [3.05, 3.63) is 65.2 Å². The lowest BCUT2D eigenvalue weighted by Crippen LogP contribution is -2.25. The molecule has 0 spiro atoms. The van der Waals surface area contributed by atoms with E-state index in [-0.39, 0.29) is 11.5 Å². The van der Waals surface area contributed by atoms with Gasteiger partial charge in [0.1, 0.15) is 18.5 Å². The fourth-order valence-corrected chi connectivity index (χ4v) is 3.31. The summed E-state index contributed by atoms with van der Waals surface area (Å²) in [5, 5.41) is 0. The van der Waals surface area contributed by atoms with Crippen molar-refractivity contribution in [2.75, 3.05) is 6.61 Å².